The molecule has 0 radical (unpaired) electrons. The Hall–Kier alpha value is -5.67. The van der Waals surface area contributed by atoms with Crippen LogP contribution in [-0.4, -0.2) is 33.0 Å². The summed E-state index contributed by atoms with van der Waals surface area (Å²) in [5.74, 6) is 0. The number of benzene rings is 2. The lowest BCUT2D eigenvalue weighted by molar-refractivity contribution is 0.568. The standard InChI is InChI=1S/C53H60N6/c1-50(2,3)34-25-32(26-35(29-34)51(4,5)6)47-41-17-15-39(55-41)38(31-54)40-16-18-42(56-40)48(33-27-36(52(7,8)9)30-37(28-33)53(10,11)12)44-20-22-46(58-44)49(59-23-13-14-24-59)45-21-19-43(47)57-45/h15-22,25-30,55,58H,13-14,23-24H2,1-12H3. The van der Waals surface area contributed by atoms with Gasteiger partial charge >= 0.3 is 0 Å². The lowest BCUT2D eigenvalue weighted by atomic mass is 9.78. The Morgan fingerprint density at radius 1 is 0.492 bits per heavy atom. The fourth-order valence-corrected chi connectivity index (χ4v) is 8.46. The zero-order chi connectivity index (χ0) is 42.2. The lowest BCUT2D eigenvalue weighted by Crippen LogP contribution is -2.19. The third kappa shape index (κ3) is 7.69. The summed E-state index contributed by atoms with van der Waals surface area (Å²) in [6.07, 6.45) is 10.7. The quantitative estimate of drug-likeness (QED) is 0.187. The van der Waals surface area contributed by atoms with E-state index in [1.54, 1.807) is 0 Å². The number of nitrogens with one attached hydrogen (secondary N) is 2. The number of nitrogens with zero attached hydrogens (tertiary/aromatic N) is 4. The molecule has 1 fully saturated rings. The molecule has 5 aromatic rings. The molecule has 6 heteroatoms. The van der Waals surface area contributed by atoms with Crippen LogP contribution in [-0.2, 0) is 21.7 Å². The number of H-pyrrole nitrogens is 2. The molecule has 0 aliphatic carbocycles. The predicted octanol–water partition coefficient (Wildman–Crippen LogP) is 13.7. The van der Waals surface area contributed by atoms with Gasteiger partial charge < -0.3 is 14.9 Å². The van der Waals surface area contributed by atoms with Crippen molar-refractivity contribution < 1.29 is 0 Å². The zero-order valence-corrected chi connectivity index (χ0v) is 37.2. The molecule has 1 saturated heterocycles. The molecular weight excluding hydrogens is 721 g/mol. The van der Waals surface area contributed by atoms with Crippen molar-refractivity contribution in [3.63, 3.8) is 0 Å². The van der Waals surface area contributed by atoms with Crippen molar-refractivity contribution in [2.75, 3.05) is 18.0 Å². The Morgan fingerprint density at radius 2 is 0.864 bits per heavy atom. The third-order valence-electron chi connectivity index (χ3n) is 12.2. The van der Waals surface area contributed by atoms with Gasteiger partial charge in [-0.3, -0.25) is 0 Å². The van der Waals surface area contributed by atoms with Crippen LogP contribution in [0, 0.1) is 11.3 Å². The first-order chi connectivity index (χ1) is 27.7. The Balaban J connectivity index is 1.53. The first kappa shape index (κ1) is 40.1. The van der Waals surface area contributed by atoms with E-state index in [4.69, 9.17) is 9.97 Å². The van der Waals surface area contributed by atoms with E-state index in [1.807, 2.05) is 12.1 Å². The van der Waals surface area contributed by atoms with Crippen LogP contribution in [0.5, 0.6) is 0 Å². The van der Waals surface area contributed by atoms with Gasteiger partial charge in [0.2, 0.25) is 0 Å². The van der Waals surface area contributed by atoms with Crippen LogP contribution in [0.2, 0.25) is 0 Å². The van der Waals surface area contributed by atoms with Gasteiger partial charge in [-0.15, -0.1) is 0 Å². The topological polar surface area (TPSA) is 84.4 Å². The van der Waals surface area contributed by atoms with E-state index in [0.717, 1.165) is 93.0 Å². The maximum atomic E-state index is 10.8. The largest absolute Gasteiger partial charge is 0.368 e. The molecule has 302 valence electrons. The molecule has 0 atom stereocenters. The van der Waals surface area contributed by atoms with E-state index < -0.39 is 0 Å². The summed E-state index contributed by atoms with van der Waals surface area (Å²) in [4.78, 5) is 21.0. The number of nitriles is 1. The number of aromatic amines is 2. The molecule has 2 aromatic carbocycles. The number of hydrogen-bond donors (Lipinski definition) is 2. The highest BCUT2D eigenvalue weighted by Gasteiger charge is 2.26. The van der Waals surface area contributed by atoms with Crippen LogP contribution in [0.1, 0.15) is 147 Å². The van der Waals surface area contributed by atoms with Crippen LogP contribution in [0.25, 0.3) is 68.6 Å². The second-order valence-electron chi connectivity index (χ2n) is 20.9. The number of aromatic nitrogens is 4. The van der Waals surface area contributed by atoms with E-state index in [2.05, 4.69) is 177 Å². The van der Waals surface area contributed by atoms with Gasteiger partial charge in [-0.25, -0.2) is 9.97 Å². The molecule has 3 aromatic heterocycles. The maximum absolute atomic E-state index is 10.8. The SMILES string of the molecule is CC(C)(C)c1cc(-c2c3nc(c(N4CCCC4)c4ccc([nH]4)c(-c4cc(C(C)(C)C)cc(C(C)(C)C)c4)c4nc(c(C#N)c5ccc2[nH]5)C=C4)C=C3)cc(C(C)(C)C)c1. The Kier molecular flexibility index (Phi) is 9.70. The van der Waals surface area contributed by atoms with Gasteiger partial charge in [0.05, 0.1) is 39.5 Å². The smallest absolute Gasteiger partial charge is 0.104 e. The number of fused-ring (bicyclic) bond motifs is 8. The first-order valence-corrected chi connectivity index (χ1v) is 21.3. The van der Waals surface area contributed by atoms with Crippen molar-refractivity contribution in [2.24, 2.45) is 0 Å². The third-order valence-corrected chi connectivity index (χ3v) is 12.2. The lowest BCUT2D eigenvalue weighted by Gasteiger charge is -2.26. The predicted molar refractivity (Wildman–Crippen MR) is 251 cm³/mol. The second kappa shape index (κ2) is 14.3. The van der Waals surface area contributed by atoms with E-state index in [0.29, 0.717) is 11.3 Å². The van der Waals surface area contributed by atoms with Gasteiger partial charge in [-0.2, -0.15) is 5.26 Å². The average Bonchev–Trinajstić information content (AvgIpc) is 4.01. The van der Waals surface area contributed by atoms with E-state index >= 15 is 0 Å². The number of rotatable bonds is 3. The minimum atomic E-state index is -0.0659. The van der Waals surface area contributed by atoms with Gasteiger partial charge in [-0.1, -0.05) is 119 Å². The average molecular weight is 781 g/mol. The molecule has 0 amide bonds. The van der Waals surface area contributed by atoms with Crippen molar-refractivity contribution in [2.45, 2.75) is 118 Å². The summed E-state index contributed by atoms with van der Waals surface area (Å²) in [6.45, 7) is 29.3. The summed E-state index contributed by atoms with van der Waals surface area (Å²) in [5.41, 5.74) is 17.6. The molecule has 0 saturated carbocycles. The fourth-order valence-electron chi connectivity index (χ4n) is 8.46. The van der Waals surface area contributed by atoms with Crippen LogP contribution in [0.3, 0.4) is 0 Å². The highest BCUT2D eigenvalue weighted by Crippen LogP contribution is 2.41. The summed E-state index contributed by atoms with van der Waals surface area (Å²) in [5, 5.41) is 10.8. The maximum Gasteiger partial charge on any atom is 0.104 e. The van der Waals surface area contributed by atoms with Crippen molar-refractivity contribution >= 4 is 52.1 Å². The molecule has 3 aliphatic heterocycles. The van der Waals surface area contributed by atoms with Crippen LogP contribution in [0.15, 0.2) is 60.7 Å². The molecule has 6 nitrogen and oxygen atoms in total. The molecular formula is C53H60N6. The van der Waals surface area contributed by atoms with Gasteiger partial charge in [0, 0.05) is 35.2 Å². The molecule has 3 aliphatic rings. The van der Waals surface area contributed by atoms with Crippen molar-refractivity contribution in [3.8, 4) is 28.3 Å². The highest BCUT2D eigenvalue weighted by atomic mass is 15.2. The fraction of sp³-hybridized carbons (Fsp3) is 0.377. The summed E-state index contributed by atoms with van der Waals surface area (Å²) >= 11 is 0. The molecule has 0 unspecified atom stereocenters. The number of hydrogen-bond acceptors (Lipinski definition) is 4. The molecule has 2 N–H and O–H groups in total. The number of anilines is 1. The van der Waals surface area contributed by atoms with Gasteiger partial charge in [0.15, 0.2) is 0 Å². The minimum Gasteiger partial charge on any atom is -0.368 e. The Morgan fingerprint density at radius 3 is 1.31 bits per heavy atom. The summed E-state index contributed by atoms with van der Waals surface area (Å²) in [6, 6.07) is 25.1. The minimum absolute atomic E-state index is 0.0659. The molecule has 8 bridgehead atoms. The molecule has 0 spiro atoms. The Bertz CT molecular complexity index is 2620. The monoisotopic (exact) mass is 780 g/mol. The zero-order valence-electron chi connectivity index (χ0n) is 37.2. The van der Waals surface area contributed by atoms with Crippen LogP contribution in [0.4, 0.5) is 5.69 Å². The normalized spacial score (nSPS) is 14.7. The summed E-state index contributed by atoms with van der Waals surface area (Å²) < 4.78 is 0. The van der Waals surface area contributed by atoms with Gasteiger partial charge in [0.1, 0.15) is 11.6 Å². The van der Waals surface area contributed by atoms with Gasteiger partial charge in [0.25, 0.3) is 0 Å². The van der Waals surface area contributed by atoms with Crippen molar-refractivity contribution in [1.29, 1.82) is 5.26 Å². The highest BCUT2D eigenvalue weighted by molar-refractivity contribution is 5.97. The summed E-state index contributed by atoms with van der Waals surface area (Å²) in [7, 11) is 0. The van der Waals surface area contributed by atoms with Crippen LogP contribution < -0.4 is 4.90 Å². The molecule has 59 heavy (non-hydrogen) atoms. The van der Waals surface area contributed by atoms with Crippen molar-refractivity contribution in [1.82, 2.24) is 19.9 Å². The van der Waals surface area contributed by atoms with E-state index in [9.17, 15) is 5.26 Å². The second-order valence-corrected chi connectivity index (χ2v) is 20.9. The molecule has 8 rings (SSSR count). The van der Waals surface area contributed by atoms with E-state index in [1.165, 1.54) is 22.3 Å². The molecule has 6 heterocycles. The van der Waals surface area contributed by atoms with Gasteiger partial charge in [-0.05, 0) is 116 Å². The first-order valence-electron chi connectivity index (χ1n) is 21.3. The van der Waals surface area contributed by atoms with Crippen LogP contribution >= 0.6 is 0 Å². The Labute approximate surface area is 351 Å². The van der Waals surface area contributed by atoms with E-state index in [-0.39, 0.29) is 21.7 Å². The van der Waals surface area contributed by atoms with Crippen molar-refractivity contribution in [3.05, 3.63) is 111 Å².